The Labute approximate surface area is 277 Å². The molecule has 0 radical (unpaired) electrons. The molecule has 0 bridgehead atoms. The van der Waals surface area contributed by atoms with Gasteiger partial charge in [0.2, 0.25) is 5.91 Å². The number of allylic oxidation sites excluding steroid dienone is 2. The number of aliphatic hydroxyl groups is 7. The largest absolute Gasteiger partial charge is 0.394 e. The van der Waals surface area contributed by atoms with Gasteiger partial charge in [-0.05, 0) is 38.5 Å². The van der Waals surface area contributed by atoms with Crippen molar-refractivity contribution in [3.8, 4) is 0 Å². The minimum Gasteiger partial charge on any atom is -0.394 e. The number of hydrogen-bond acceptors (Lipinski definition) is 10. The average Bonchev–Trinajstić information content (AvgIpc) is 3.05. The maximum Gasteiger partial charge on any atom is 0.249 e. The van der Waals surface area contributed by atoms with Gasteiger partial charge in [-0.15, -0.1) is 0 Å². The first-order valence-corrected chi connectivity index (χ1v) is 18.1. The molecule has 1 amide bonds. The topological polar surface area (TPSA) is 189 Å². The van der Waals surface area contributed by atoms with Crippen molar-refractivity contribution in [3.05, 3.63) is 12.2 Å². The van der Waals surface area contributed by atoms with Crippen molar-refractivity contribution in [2.75, 3.05) is 13.2 Å². The van der Waals surface area contributed by atoms with E-state index in [1.807, 2.05) is 0 Å². The third-order valence-corrected chi connectivity index (χ3v) is 8.82. The van der Waals surface area contributed by atoms with Gasteiger partial charge in [0, 0.05) is 0 Å². The van der Waals surface area contributed by atoms with Gasteiger partial charge in [0.25, 0.3) is 0 Å². The maximum atomic E-state index is 12.9. The van der Waals surface area contributed by atoms with Gasteiger partial charge in [-0.1, -0.05) is 109 Å². The Morgan fingerprint density at radius 2 is 1.28 bits per heavy atom. The molecule has 1 saturated heterocycles. The lowest BCUT2D eigenvalue weighted by Crippen LogP contribution is -2.60. The summed E-state index contributed by atoms with van der Waals surface area (Å²) in [7, 11) is 0. The number of nitrogens with one attached hydrogen (secondary N) is 1. The fourth-order valence-corrected chi connectivity index (χ4v) is 5.67. The summed E-state index contributed by atoms with van der Waals surface area (Å²) < 4.78 is 11.0. The van der Waals surface area contributed by atoms with Crippen molar-refractivity contribution in [2.45, 2.75) is 191 Å². The molecule has 0 aromatic rings. The van der Waals surface area contributed by atoms with Crippen LogP contribution in [0.4, 0.5) is 0 Å². The molecule has 1 fully saturated rings. The minimum atomic E-state index is -1.66. The number of carbonyl (C=O) groups excluding carboxylic acids is 1. The van der Waals surface area contributed by atoms with Crippen molar-refractivity contribution >= 4 is 5.91 Å². The second-order valence-corrected chi connectivity index (χ2v) is 12.9. The van der Waals surface area contributed by atoms with E-state index in [2.05, 4.69) is 31.3 Å². The van der Waals surface area contributed by atoms with Crippen molar-refractivity contribution in [2.24, 2.45) is 0 Å². The van der Waals surface area contributed by atoms with Crippen LogP contribution in [0.3, 0.4) is 0 Å². The third kappa shape index (κ3) is 17.8. The summed E-state index contributed by atoms with van der Waals surface area (Å²) in [5.74, 6) is -0.714. The Morgan fingerprint density at radius 3 is 1.87 bits per heavy atom. The highest BCUT2D eigenvalue weighted by Crippen LogP contribution is 2.23. The lowest BCUT2D eigenvalue weighted by atomic mass is 9.98. The Hall–Kier alpha value is -1.15. The second-order valence-electron chi connectivity index (χ2n) is 12.9. The van der Waals surface area contributed by atoms with E-state index in [-0.39, 0.29) is 12.8 Å². The Balaban J connectivity index is 2.65. The number of ether oxygens (including phenoxy) is 2. The molecule has 0 aromatic carbocycles. The molecule has 9 atom stereocenters. The number of unbranched alkanes of at least 4 members (excludes halogenated alkanes) is 14. The minimum absolute atomic E-state index is 0.255. The summed E-state index contributed by atoms with van der Waals surface area (Å²) in [6.07, 6.45) is 11.6. The molecule has 0 saturated carbocycles. The zero-order valence-electron chi connectivity index (χ0n) is 28.6. The highest BCUT2D eigenvalue weighted by atomic mass is 16.7. The van der Waals surface area contributed by atoms with Crippen molar-refractivity contribution in [1.82, 2.24) is 5.32 Å². The summed E-state index contributed by atoms with van der Waals surface area (Å²) in [5.41, 5.74) is 0. The number of carbonyl (C=O) groups is 1. The molecular formula is C35H67NO10. The zero-order valence-corrected chi connectivity index (χ0v) is 28.6. The summed E-state index contributed by atoms with van der Waals surface area (Å²) in [5, 5.41) is 74.8. The van der Waals surface area contributed by atoms with E-state index in [1.54, 1.807) is 0 Å². The van der Waals surface area contributed by atoms with Gasteiger partial charge in [-0.3, -0.25) is 4.79 Å². The molecule has 8 N–H and O–H groups in total. The van der Waals surface area contributed by atoms with Crippen molar-refractivity contribution in [1.29, 1.82) is 0 Å². The van der Waals surface area contributed by atoms with Gasteiger partial charge in [0.1, 0.15) is 36.6 Å². The Bertz CT molecular complexity index is 770. The van der Waals surface area contributed by atoms with Crippen LogP contribution in [0.15, 0.2) is 12.2 Å². The molecule has 1 aliphatic rings. The molecular weight excluding hydrogens is 594 g/mol. The van der Waals surface area contributed by atoms with E-state index in [0.717, 1.165) is 38.5 Å². The molecule has 11 nitrogen and oxygen atoms in total. The normalized spacial score (nSPS) is 24.6. The second kappa shape index (κ2) is 26.8. The van der Waals surface area contributed by atoms with Gasteiger partial charge in [-0.2, -0.15) is 0 Å². The predicted molar refractivity (Wildman–Crippen MR) is 178 cm³/mol. The number of aliphatic hydroxyl groups excluding tert-OH is 7. The van der Waals surface area contributed by atoms with E-state index in [9.17, 15) is 40.5 Å². The molecule has 46 heavy (non-hydrogen) atoms. The summed E-state index contributed by atoms with van der Waals surface area (Å²) >= 11 is 0. The molecule has 11 heteroatoms. The lowest BCUT2D eigenvalue weighted by molar-refractivity contribution is -0.303. The molecule has 1 heterocycles. The first-order valence-electron chi connectivity index (χ1n) is 18.1. The maximum absolute atomic E-state index is 12.9. The molecule has 272 valence electrons. The first-order chi connectivity index (χ1) is 22.2. The van der Waals surface area contributed by atoms with Crippen LogP contribution in [0.1, 0.15) is 136 Å². The molecule has 0 spiro atoms. The molecule has 1 rings (SSSR count). The third-order valence-electron chi connectivity index (χ3n) is 8.82. The van der Waals surface area contributed by atoms with Gasteiger partial charge in [-0.25, -0.2) is 0 Å². The van der Waals surface area contributed by atoms with Gasteiger partial charge in [0.05, 0.1) is 25.4 Å². The summed E-state index contributed by atoms with van der Waals surface area (Å²) in [4.78, 5) is 12.9. The van der Waals surface area contributed by atoms with Crippen LogP contribution in [0.5, 0.6) is 0 Å². The molecule has 9 unspecified atom stereocenters. The smallest absolute Gasteiger partial charge is 0.249 e. The molecule has 0 aliphatic carbocycles. The van der Waals surface area contributed by atoms with Crippen molar-refractivity contribution in [3.63, 3.8) is 0 Å². The van der Waals surface area contributed by atoms with Crippen LogP contribution >= 0.6 is 0 Å². The Morgan fingerprint density at radius 1 is 0.739 bits per heavy atom. The predicted octanol–water partition coefficient (Wildman–Crippen LogP) is 3.38. The average molecular weight is 662 g/mol. The van der Waals surface area contributed by atoms with Crippen LogP contribution in [0.2, 0.25) is 0 Å². The summed E-state index contributed by atoms with van der Waals surface area (Å²) in [6.45, 7) is 3.31. The van der Waals surface area contributed by atoms with Crippen LogP contribution in [-0.2, 0) is 14.3 Å². The van der Waals surface area contributed by atoms with E-state index in [1.165, 1.54) is 57.8 Å². The van der Waals surface area contributed by atoms with E-state index < -0.39 is 74.2 Å². The SMILES string of the molecule is CCCCCCCC/C=C/CCCC(O)C(O)C(COC1OC(CO)C(O)C(O)C1O)NC(=O)C(O)CCCCCCCCCC. The van der Waals surface area contributed by atoms with Gasteiger partial charge in [0.15, 0.2) is 6.29 Å². The monoisotopic (exact) mass is 661 g/mol. The molecule has 0 aromatic heterocycles. The number of hydrogen-bond donors (Lipinski definition) is 8. The molecule has 1 aliphatic heterocycles. The van der Waals surface area contributed by atoms with E-state index in [0.29, 0.717) is 12.8 Å². The highest BCUT2D eigenvalue weighted by molar-refractivity contribution is 5.80. The fraction of sp³-hybridized carbons (Fsp3) is 0.914. The quantitative estimate of drug-likeness (QED) is 0.0456. The van der Waals surface area contributed by atoms with Crippen LogP contribution in [-0.4, -0.2) is 110 Å². The van der Waals surface area contributed by atoms with Crippen LogP contribution in [0.25, 0.3) is 0 Å². The van der Waals surface area contributed by atoms with Crippen LogP contribution < -0.4 is 5.32 Å². The number of rotatable bonds is 28. The van der Waals surface area contributed by atoms with Gasteiger partial charge >= 0.3 is 0 Å². The van der Waals surface area contributed by atoms with E-state index >= 15 is 0 Å². The lowest BCUT2D eigenvalue weighted by Gasteiger charge is -2.40. The first kappa shape index (κ1) is 42.9. The van der Waals surface area contributed by atoms with Gasteiger partial charge < -0.3 is 50.5 Å². The van der Waals surface area contributed by atoms with E-state index in [4.69, 9.17) is 9.47 Å². The standard InChI is InChI=1S/C35H67NO10/c1-3-5-7-9-11-13-14-15-17-18-20-22-27(38)30(40)26(25-45-35-33(43)32(42)31(41)29(24-37)46-35)36-34(44)28(39)23-21-19-16-12-10-8-6-4-2/h15,17,26-33,35,37-43H,3-14,16,18-25H2,1-2H3,(H,36,44)/b17-15+. The van der Waals surface area contributed by atoms with Crippen LogP contribution in [0, 0.1) is 0 Å². The Kier molecular flexibility index (Phi) is 24.9. The van der Waals surface area contributed by atoms with Crippen molar-refractivity contribution < 1.29 is 50.0 Å². The zero-order chi connectivity index (χ0) is 34.2. The summed E-state index contributed by atoms with van der Waals surface area (Å²) in [6, 6.07) is -1.17. The fourth-order valence-electron chi connectivity index (χ4n) is 5.67. The highest BCUT2D eigenvalue weighted by Gasteiger charge is 2.44. The number of amides is 1.